The predicted octanol–water partition coefficient (Wildman–Crippen LogP) is 1.66. The van der Waals surface area contributed by atoms with Crippen molar-refractivity contribution < 1.29 is 9.90 Å². The molecule has 0 atom stereocenters. The van der Waals surface area contributed by atoms with E-state index in [9.17, 15) is 4.79 Å². The Morgan fingerprint density at radius 3 is 2.94 bits per heavy atom. The Hall–Kier alpha value is -2.63. The van der Waals surface area contributed by atoms with Crippen molar-refractivity contribution in [2.45, 2.75) is 0 Å². The zero-order valence-electron chi connectivity index (χ0n) is 9.58. The molecule has 18 heavy (non-hydrogen) atoms. The molecule has 3 rings (SSSR count). The number of carboxylic acids is 1. The highest BCUT2D eigenvalue weighted by Crippen LogP contribution is 2.23. The number of aromatic nitrogens is 4. The molecule has 3 aromatic rings. The number of nitrogens with zero attached hydrogens (tertiary/aromatic N) is 3. The molecule has 1 aromatic carbocycles. The summed E-state index contributed by atoms with van der Waals surface area (Å²) in [5, 5.41) is 20.5. The van der Waals surface area contributed by atoms with Crippen LogP contribution in [0.25, 0.3) is 22.2 Å². The number of fused-ring (bicyclic) bond motifs is 1. The lowest BCUT2D eigenvalue weighted by molar-refractivity contribution is 0.0690. The summed E-state index contributed by atoms with van der Waals surface area (Å²) in [4.78, 5) is 10.8. The molecule has 0 aliphatic carbocycles. The average Bonchev–Trinajstić information content (AvgIpc) is 2.96. The predicted molar refractivity (Wildman–Crippen MR) is 65.3 cm³/mol. The number of H-pyrrole nitrogens is 1. The van der Waals surface area contributed by atoms with Crippen LogP contribution in [0.1, 0.15) is 10.5 Å². The summed E-state index contributed by atoms with van der Waals surface area (Å²) >= 11 is 0. The van der Waals surface area contributed by atoms with Gasteiger partial charge < -0.3 is 5.11 Å². The zero-order valence-corrected chi connectivity index (χ0v) is 9.58. The van der Waals surface area contributed by atoms with Gasteiger partial charge in [-0.2, -0.15) is 10.2 Å². The lowest BCUT2D eigenvalue weighted by Gasteiger charge is -1.98. The highest BCUT2D eigenvalue weighted by Gasteiger charge is 2.10. The number of hydrogen-bond acceptors (Lipinski definition) is 3. The van der Waals surface area contributed by atoms with Gasteiger partial charge in [0, 0.05) is 18.0 Å². The van der Waals surface area contributed by atoms with Crippen molar-refractivity contribution in [3.8, 4) is 11.3 Å². The molecule has 0 radical (unpaired) electrons. The van der Waals surface area contributed by atoms with Crippen LogP contribution in [-0.2, 0) is 7.05 Å². The normalized spacial score (nSPS) is 10.9. The Kier molecular flexibility index (Phi) is 2.16. The van der Waals surface area contributed by atoms with Gasteiger partial charge in [-0.25, -0.2) is 4.79 Å². The number of aryl methyl sites for hydroxylation is 1. The van der Waals surface area contributed by atoms with Crippen LogP contribution in [0, 0.1) is 0 Å². The molecule has 0 fully saturated rings. The molecule has 0 spiro atoms. The molecule has 0 saturated heterocycles. The summed E-state index contributed by atoms with van der Waals surface area (Å²) in [7, 11) is 1.86. The standard InChI is InChI=1S/C12H10N4O2/c1-16-11-4-7(2-3-8(11)6-13-16)9-5-10(12(17)18)15-14-9/h2-6H,1H3,(H,14,15)(H,17,18). The number of nitrogens with one attached hydrogen (secondary N) is 1. The van der Waals surface area contributed by atoms with Gasteiger partial charge >= 0.3 is 5.97 Å². The molecule has 0 unspecified atom stereocenters. The fourth-order valence-electron chi connectivity index (χ4n) is 1.88. The first-order valence-corrected chi connectivity index (χ1v) is 5.36. The SMILES string of the molecule is Cn1ncc2ccc(-c3cc(C(=O)O)[nH]n3)cc21. The van der Waals surface area contributed by atoms with Gasteiger partial charge in [0.1, 0.15) is 5.69 Å². The Bertz CT molecular complexity index is 741. The molecule has 2 aromatic heterocycles. The smallest absolute Gasteiger partial charge is 0.353 e. The van der Waals surface area contributed by atoms with E-state index in [0.717, 1.165) is 16.5 Å². The maximum Gasteiger partial charge on any atom is 0.353 e. The average molecular weight is 242 g/mol. The maximum absolute atomic E-state index is 10.8. The molecule has 90 valence electrons. The number of carboxylic acid groups (broad SMARTS) is 1. The van der Waals surface area contributed by atoms with E-state index in [1.807, 2.05) is 25.2 Å². The molecule has 0 aliphatic rings. The summed E-state index contributed by atoms with van der Waals surface area (Å²) in [6, 6.07) is 7.28. The third kappa shape index (κ3) is 1.55. The molecule has 6 heteroatoms. The number of carbonyl (C=O) groups is 1. The van der Waals surface area contributed by atoms with E-state index in [-0.39, 0.29) is 5.69 Å². The number of hydrogen-bond donors (Lipinski definition) is 2. The van der Waals surface area contributed by atoms with Gasteiger partial charge in [-0.05, 0) is 12.1 Å². The van der Waals surface area contributed by atoms with Gasteiger partial charge in [-0.15, -0.1) is 0 Å². The molecule has 0 aliphatic heterocycles. The fourth-order valence-corrected chi connectivity index (χ4v) is 1.88. The number of benzene rings is 1. The maximum atomic E-state index is 10.8. The molecule has 2 N–H and O–H groups in total. The van der Waals surface area contributed by atoms with E-state index in [4.69, 9.17) is 5.11 Å². The Morgan fingerprint density at radius 1 is 1.39 bits per heavy atom. The number of aromatic amines is 1. The lowest BCUT2D eigenvalue weighted by atomic mass is 10.1. The van der Waals surface area contributed by atoms with Crippen LogP contribution in [0.4, 0.5) is 0 Å². The van der Waals surface area contributed by atoms with Gasteiger partial charge in [-0.1, -0.05) is 12.1 Å². The summed E-state index contributed by atoms with van der Waals surface area (Å²) in [6.45, 7) is 0. The van der Waals surface area contributed by atoms with Gasteiger partial charge in [-0.3, -0.25) is 9.78 Å². The van der Waals surface area contributed by atoms with E-state index in [1.54, 1.807) is 10.9 Å². The van der Waals surface area contributed by atoms with E-state index in [2.05, 4.69) is 15.3 Å². The Morgan fingerprint density at radius 2 is 2.22 bits per heavy atom. The van der Waals surface area contributed by atoms with Crippen LogP contribution < -0.4 is 0 Å². The van der Waals surface area contributed by atoms with Crippen LogP contribution in [0.15, 0.2) is 30.5 Å². The van der Waals surface area contributed by atoms with Gasteiger partial charge in [0.25, 0.3) is 0 Å². The van der Waals surface area contributed by atoms with Gasteiger partial charge in [0.05, 0.1) is 17.4 Å². The molecule has 6 nitrogen and oxygen atoms in total. The van der Waals surface area contributed by atoms with Crippen molar-refractivity contribution in [1.82, 2.24) is 20.0 Å². The Balaban J connectivity index is 2.12. The summed E-state index contributed by atoms with van der Waals surface area (Å²) in [6.07, 6.45) is 1.78. The third-order valence-electron chi connectivity index (χ3n) is 2.85. The van der Waals surface area contributed by atoms with Crippen LogP contribution in [0.3, 0.4) is 0 Å². The lowest BCUT2D eigenvalue weighted by Crippen LogP contribution is -1.95. The fraction of sp³-hybridized carbons (Fsp3) is 0.0833. The van der Waals surface area contributed by atoms with Crippen LogP contribution in [-0.4, -0.2) is 31.1 Å². The summed E-state index contributed by atoms with van der Waals surface area (Å²) in [5.74, 6) is -1.02. The van der Waals surface area contributed by atoms with Crippen molar-refractivity contribution >= 4 is 16.9 Å². The zero-order chi connectivity index (χ0) is 12.7. The number of rotatable bonds is 2. The first kappa shape index (κ1) is 10.5. The molecule has 2 heterocycles. The minimum Gasteiger partial charge on any atom is -0.477 e. The third-order valence-corrected chi connectivity index (χ3v) is 2.85. The quantitative estimate of drug-likeness (QED) is 0.715. The van der Waals surface area contributed by atoms with Crippen molar-refractivity contribution in [3.63, 3.8) is 0 Å². The summed E-state index contributed by atoms with van der Waals surface area (Å²) in [5.41, 5.74) is 2.52. The molecular formula is C12H10N4O2. The molecule has 0 bridgehead atoms. The number of aromatic carboxylic acids is 1. The second-order valence-corrected chi connectivity index (χ2v) is 4.01. The first-order chi connectivity index (χ1) is 8.65. The van der Waals surface area contributed by atoms with Crippen molar-refractivity contribution in [2.24, 2.45) is 7.05 Å². The van der Waals surface area contributed by atoms with Crippen LogP contribution in [0.2, 0.25) is 0 Å². The minimum atomic E-state index is -1.02. The molecule has 0 amide bonds. The molecule has 0 saturated carbocycles. The topological polar surface area (TPSA) is 83.8 Å². The first-order valence-electron chi connectivity index (χ1n) is 5.36. The van der Waals surface area contributed by atoms with E-state index in [1.165, 1.54) is 6.07 Å². The highest BCUT2D eigenvalue weighted by atomic mass is 16.4. The van der Waals surface area contributed by atoms with Crippen LogP contribution in [0.5, 0.6) is 0 Å². The van der Waals surface area contributed by atoms with Gasteiger partial charge in [0.15, 0.2) is 0 Å². The highest BCUT2D eigenvalue weighted by molar-refractivity contribution is 5.88. The monoisotopic (exact) mass is 242 g/mol. The second-order valence-electron chi connectivity index (χ2n) is 4.01. The molecular weight excluding hydrogens is 232 g/mol. The largest absolute Gasteiger partial charge is 0.477 e. The van der Waals surface area contributed by atoms with Crippen molar-refractivity contribution in [1.29, 1.82) is 0 Å². The van der Waals surface area contributed by atoms with E-state index in [0.29, 0.717) is 5.69 Å². The van der Waals surface area contributed by atoms with E-state index < -0.39 is 5.97 Å². The van der Waals surface area contributed by atoms with Gasteiger partial charge in [0.2, 0.25) is 0 Å². The van der Waals surface area contributed by atoms with Crippen molar-refractivity contribution in [2.75, 3.05) is 0 Å². The minimum absolute atomic E-state index is 0.0788. The van der Waals surface area contributed by atoms with Crippen molar-refractivity contribution in [3.05, 3.63) is 36.2 Å². The Labute approximate surface area is 102 Å². The second kappa shape index (κ2) is 3.69. The van der Waals surface area contributed by atoms with E-state index >= 15 is 0 Å². The summed E-state index contributed by atoms with van der Waals surface area (Å²) < 4.78 is 1.77. The van der Waals surface area contributed by atoms with Crippen LogP contribution >= 0.6 is 0 Å².